The van der Waals surface area contributed by atoms with Crippen LogP contribution >= 0.6 is 0 Å². The van der Waals surface area contributed by atoms with Crippen molar-refractivity contribution in [3.05, 3.63) is 105 Å². The van der Waals surface area contributed by atoms with Gasteiger partial charge in [0.05, 0.1) is 19.1 Å². The third kappa shape index (κ3) is 6.22. The highest BCUT2D eigenvalue weighted by Gasteiger charge is 2.27. The lowest BCUT2D eigenvalue weighted by molar-refractivity contribution is -0.137. The number of amides is 2. The number of aromatic nitrogens is 1. The van der Waals surface area contributed by atoms with Crippen LogP contribution in [0.2, 0.25) is 0 Å². The molecule has 10 heteroatoms. The van der Waals surface area contributed by atoms with Gasteiger partial charge in [-0.05, 0) is 77.4 Å². The zero-order valence-corrected chi connectivity index (χ0v) is 22.6. The predicted octanol–water partition coefficient (Wildman–Crippen LogP) is 4.73. The average molecular weight is 555 g/mol. The molecule has 0 unspecified atom stereocenters. The number of carbonyl (C=O) groups is 3. The van der Waals surface area contributed by atoms with Gasteiger partial charge in [-0.15, -0.1) is 0 Å². The summed E-state index contributed by atoms with van der Waals surface area (Å²) in [4.78, 5) is 53.3. The minimum Gasteiger partial charge on any atom is -0.481 e. The van der Waals surface area contributed by atoms with E-state index in [0.717, 1.165) is 22.1 Å². The van der Waals surface area contributed by atoms with E-state index in [1.54, 1.807) is 54.7 Å². The Morgan fingerprint density at radius 1 is 1.00 bits per heavy atom. The quantitative estimate of drug-likeness (QED) is 0.245. The predicted molar refractivity (Wildman–Crippen MR) is 155 cm³/mol. The Bertz CT molecular complexity index is 1690. The Hall–Kier alpha value is -5.12. The van der Waals surface area contributed by atoms with Crippen LogP contribution < -0.4 is 21.5 Å². The minimum atomic E-state index is -1.10. The van der Waals surface area contributed by atoms with E-state index >= 15 is 0 Å². The second-order valence-corrected chi connectivity index (χ2v) is 10.1. The van der Waals surface area contributed by atoms with Crippen LogP contribution in [0.4, 0.5) is 16.2 Å². The van der Waals surface area contributed by atoms with Crippen molar-refractivity contribution < 1.29 is 24.2 Å². The largest absolute Gasteiger partial charge is 0.481 e. The molecule has 0 fully saturated rings. The molecule has 10 nitrogen and oxygen atoms in total. The summed E-state index contributed by atoms with van der Waals surface area (Å²) in [5.74, 6) is -1.55. The lowest BCUT2D eigenvalue weighted by atomic mass is 9.93. The third-order valence-corrected chi connectivity index (χ3v) is 7.22. The summed E-state index contributed by atoms with van der Waals surface area (Å²) in [6.07, 6.45) is 1.06. The van der Waals surface area contributed by atoms with E-state index in [-0.39, 0.29) is 18.6 Å². The van der Waals surface area contributed by atoms with E-state index in [4.69, 9.17) is 4.74 Å². The van der Waals surface area contributed by atoms with Gasteiger partial charge < -0.3 is 25.5 Å². The molecule has 3 aromatic carbocycles. The van der Waals surface area contributed by atoms with E-state index in [0.29, 0.717) is 34.3 Å². The molecule has 5 N–H and O–H groups in total. The molecule has 0 radical (unpaired) electrons. The Kier molecular flexibility index (Phi) is 7.73. The molecule has 0 aliphatic carbocycles. The molecule has 41 heavy (non-hydrogen) atoms. The number of aryl methyl sites for hydroxylation is 2. The molecule has 2 atom stereocenters. The molecule has 4 aromatic rings. The van der Waals surface area contributed by atoms with Crippen molar-refractivity contribution in [3.8, 4) is 0 Å². The van der Waals surface area contributed by atoms with Gasteiger partial charge in [0.2, 0.25) is 5.91 Å². The number of nitrogens with one attached hydrogen (secondary N) is 4. The molecule has 210 valence electrons. The summed E-state index contributed by atoms with van der Waals surface area (Å²) in [6.45, 7) is 4.01. The van der Waals surface area contributed by atoms with Crippen molar-refractivity contribution in [3.63, 3.8) is 0 Å². The molecule has 2 amide bonds. The lowest BCUT2D eigenvalue weighted by Crippen LogP contribution is -2.37. The maximum atomic E-state index is 14.0. The van der Waals surface area contributed by atoms with E-state index in [1.165, 1.54) is 0 Å². The van der Waals surface area contributed by atoms with Gasteiger partial charge in [-0.1, -0.05) is 30.3 Å². The number of aromatic amines is 1. The lowest BCUT2D eigenvalue weighted by Gasteiger charge is -2.26. The van der Waals surface area contributed by atoms with Crippen LogP contribution in [0.3, 0.4) is 0 Å². The summed E-state index contributed by atoms with van der Waals surface area (Å²) in [5.41, 5.74) is 4.71. The monoisotopic (exact) mass is 554 g/mol. The molecule has 4 bridgehead atoms. The van der Waals surface area contributed by atoms with Crippen LogP contribution in [0.25, 0.3) is 10.8 Å². The summed E-state index contributed by atoms with van der Waals surface area (Å²) < 4.78 is 5.40. The van der Waals surface area contributed by atoms with Gasteiger partial charge in [0, 0.05) is 29.4 Å². The van der Waals surface area contributed by atoms with Crippen molar-refractivity contribution in [1.82, 2.24) is 10.3 Å². The van der Waals surface area contributed by atoms with Crippen LogP contribution in [0, 0.1) is 13.8 Å². The summed E-state index contributed by atoms with van der Waals surface area (Å²) in [7, 11) is 0. The summed E-state index contributed by atoms with van der Waals surface area (Å²) >= 11 is 0. The molecule has 0 spiro atoms. The van der Waals surface area contributed by atoms with Gasteiger partial charge in [0.1, 0.15) is 6.04 Å². The minimum absolute atomic E-state index is 0.155. The first-order valence-electron chi connectivity index (χ1n) is 13.2. The molecule has 6 rings (SSSR count). The maximum absolute atomic E-state index is 14.0. The fraction of sp³-hybridized carbons (Fsp3) is 0.226. The number of carboxylic acids is 1. The summed E-state index contributed by atoms with van der Waals surface area (Å²) in [6, 6.07) is 15.7. The van der Waals surface area contributed by atoms with Gasteiger partial charge in [0.15, 0.2) is 0 Å². The van der Waals surface area contributed by atoms with Crippen molar-refractivity contribution in [2.75, 3.05) is 17.2 Å². The Morgan fingerprint density at radius 2 is 1.78 bits per heavy atom. The first-order chi connectivity index (χ1) is 19.7. The highest BCUT2D eigenvalue weighted by Crippen LogP contribution is 2.29. The topological polar surface area (TPSA) is 150 Å². The van der Waals surface area contributed by atoms with Crippen LogP contribution in [0.15, 0.2) is 71.7 Å². The molecule has 3 heterocycles. The van der Waals surface area contributed by atoms with Gasteiger partial charge >= 0.3 is 12.1 Å². The fourth-order valence-corrected chi connectivity index (χ4v) is 5.24. The number of benzene rings is 3. The van der Waals surface area contributed by atoms with Crippen LogP contribution in [0.5, 0.6) is 0 Å². The van der Waals surface area contributed by atoms with Gasteiger partial charge in [-0.2, -0.15) is 0 Å². The Balaban J connectivity index is 1.60. The smallest absolute Gasteiger partial charge is 0.411 e. The van der Waals surface area contributed by atoms with E-state index in [1.807, 2.05) is 26.0 Å². The number of rotatable bonds is 4. The number of anilines is 2. The number of hydrogen-bond donors (Lipinski definition) is 5. The molecule has 0 saturated heterocycles. The number of carbonyl (C=O) groups excluding carboxylic acids is 2. The number of carboxylic acid groups (broad SMARTS) is 1. The zero-order chi connectivity index (χ0) is 29.1. The maximum Gasteiger partial charge on any atom is 0.411 e. The average Bonchev–Trinajstić information content (AvgIpc) is 2.92. The number of fused-ring (bicyclic) bond motifs is 10. The Labute approximate surface area is 235 Å². The van der Waals surface area contributed by atoms with E-state index in [2.05, 4.69) is 20.9 Å². The van der Waals surface area contributed by atoms with Crippen LogP contribution in [-0.2, 0) is 20.7 Å². The van der Waals surface area contributed by atoms with Crippen molar-refractivity contribution in [2.45, 2.75) is 38.8 Å². The van der Waals surface area contributed by atoms with E-state index in [9.17, 15) is 24.3 Å². The molecule has 0 saturated carbocycles. The molecule has 1 aromatic heterocycles. The van der Waals surface area contributed by atoms with Gasteiger partial charge in [0.25, 0.3) is 5.56 Å². The number of aliphatic carboxylic acids is 1. The van der Waals surface area contributed by atoms with Gasteiger partial charge in [-0.3, -0.25) is 19.7 Å². The zero-order valence-electron chi connectivity index (χ0n) is 22.6. The highest BCUT2D eigenvalue weighted by atomic mass is 16.5. The SMILES string of the molecule is Cc1cc2cc(C)c1CCOC(=O)Nc1cccc(c1)[C@@H](CC(=O)O)NC(=O)[C@@H]2Nc1ccc2cc[nH]c(=O)c2c1. The number of H-pyrrole nitrogens is 1. The molecular weight excluding hydrogens is 524 g/mol. The normalized spacial score (nSPS) is 17.4. The second-order valence-electron chi connectivity index (χ2n) is 10.1. The number of ether oxygens (including phenoxy) is 1. The standard InChI is InChI=1S/C31H30N4O6/c1-17-12-21-13-18(2)24(17)9-11-41-31(40)34-22-5-3-4-20(14-22)26(16-27(36)37)35-30(39)28(21)33-23-7-6-19-8-10-32-29(38)25(19)15-23/h3-8,10,12-15,26,28,33H,9,11,16H2,1-2H3,(H,32,38)(H,34,40)(H,35,39)(H,36,37)/t26-,28-/m1/s1. The van der Waals surface area contributed by atoms with Crippen molar-refractivity contribution in [2.24, 2.45) is 0 Å². The van der Waals surface area contributed by atoms with Crippen molar-refractivity contribution in [1.29, 1.82) is 0 Å². The second kappa shape index (κ2) is 11.5. The van der Waals surface area contributed by atoms with Crippen LogP contribution in [0.1, 0.15) is 46.3 Å². The van der Waals surface area contributed by atoms with Crippen molar-refractivity contribution >= 4 is 40.1 Å². The first kappa shape index (κ1) is 27.4. The van der Waals surface area contributed by atoms with Gasteiger partial charge in [-0.25, -0.2) is 4.79 Å². The first-order valence-corrected chi connectivity index (χ1v) is 13.2. The highest BCUT2D eigenvalue weighted by molar-refractivity contribution is 5.90. The van der Waals surface area contributed by atoms with Crippen LogP contribution in [-0.4, -0.2) is 34.7 Å². The summed E-state index contributed by atoms with van der Waals surface area (Å²) in [5, 5.41) is 19.7. The molecule has 2 aliphatic rings. The number of pyridine rings is 1. The van der Waals surface area contributed by atoms with E-state index < -0.39 is 30.1 Å². The number of hydrogen-bond acceptors (Lipinski definition) is 6. The fourth-order valence-electron chi connectivity index (χ4n) is 5.24. The molecular formula is C31H30N4O6. The Morgan fingerprint density at radius 3 is 2.54 bits per heavy atom. The third-order valence-electron chi connectivity index (χ3n) is 7.22. The molecule has 2 aliphatic heterocycles.